The summed E-state index contributed by atoms with van der Waals surface area (Å²) in [6.07, 6.45) is 8.56. The molecule has 0 aromatic carbocycles. The van der Waals surface area contributed by atoms with Crippen molar-refractivity contribution in [2.24, 2.45) is 11.1 Å². The van der Waals surface area contributed by atoms with Gasteiger partial charge >= 0.3 is 0 Å². The maximum absolute atomic E-state index is 12.0. The number of hydrogen-bond acceptors (Lipinski definition) is 3. The Balaban J connectivity index is 1.91. The molecule has 0 amide bonds. The van der Waals surface area contributed by atoms with Crippen LogP contribution in [0.5, 0.6) is 0 Å². The zero-order valence-corrected chi connectivity index (χ0v) is 10.3. The van der Waals surface area contributed by atoms with E-state index >= 15 is 0 Å². The lowest BCUT2D eigenvalue weighted by Gasteiger charge is -2.35. The van der Waals surface area contributed by atoms with E-state index in [-0.39, 0.29) is 11.2 Å². The molecule has 0 bridgehead atoms. The van der Waals surface area contributed by atoms with Gasteiger partial charge in [0.1, 0.15) is 11.5 Å². The zero-order valence-electron chi connectivity index (χ0n) is 10.3. The van der Waals surface area contributed by atoms with Crippen molar-refractivity contribution in [2.75, 3.05) is 6.54 Å². The van der Waals surface area contributed by atoms with Crippen molar-refractivity contribution in [3.8, 4) is 0 Å². The lowest BCUT2D eigenvalue weighted by atomic mass is 9.70. The molecule has 0 radical (unpaired) electrons. The van der Waals surface area contributed by atoms with Crippen LogP contribution in [0.25, 0.3) is 0 Å². The van der Waals surface area contributed by atoms with Gasteiger partial charge in [-0.1, -0.05) is 19.3 Å². The van der Waals surface area contributed by atoms with E-state index < -0.39 is 0 Å². The monoisotopic (exact) mass is 235 g/mol. The minimum Gasteiger partial charge on any atom is -0.469 e. The standard InChI is InChI=1S/C14H21NO2/c15-11-14(6-2-1-3-7-14)10-12(16)9-13-5-4-8-17-13/h4-5,8H,1-3,6-7,9-11,15H2. The minimum atomic E-state index is 0.0714. The molecular weight excluding hydrogens is 214 g/mol. The molecule has 0 spiro atoms. The van der Waals surface area contributed by atoms with Gasteiger partial charge in [0, 0.05) is 6.42 Å². The summed E-state index contributed by atoms with van der Waals surface area (Å²) in [7, 11) is 0. The summed E-state index contributed by atoms with van der Waals surface area (Å²) in [6.45, 7) is 0.636. The molecule has 1 fully saturated rings. The Morgan fingerprint density at radius 1 is 1.35 bits per heavy atom. The van der Waals surface area contributed by atoms with Crippen LogP contribution in [0.1, 0.15) is 44.3 Å². The summed E-state index contributed by atoms with van der Waals surface area (Å²) in [5.41, 5.74) is 5.96. The van der Waals surface area contributed by atoms with Crippen LogP contribution in [0.2, 0.25) is 0 Å². The van der Waals surface area contributed by atoms with E-state index in [4.69, 9.17) is 10.2 Å². The highest BCUT2D eigenvalue weighted by atomic mass is 16.3. The van der Waals surface area contributed by atoms with Crippen molar-refractivity contribution >= 4 is 5.78 Å². The van der Waals surface area contributed by atoms with Crippen LogP contribution < -0.4 is 5.73 Å². The Labute approximate surface area is 102 Å². The molecule has 2 rings (SSSR count). The first-order valence-corrected chi connectivity index (χ1v) is 6.48. The molecule has 3 nitrogen and oxygen atoms in total. The molecule has 0 atom stereocenters. The maximum Gasteiger partial charge on any atom is 0.141 e. The fourth-order valence-corrected chi connectivity index (χ4v) is 2.84. The minimum absolute atomic E-state index is 0.0714. The topological polar surface area (TPSA) is 56.2 Å². The Morgan fingerprint density at radius 2 is 2.12 bits per heavy atom. The van der Waals surface area contributed by atoms with Gasteiger partial charge in [0.2, 0.25) is 0 Å². The normalized spacial score (nSPS) is 19.1. The molecule has 1 aliphatic carbocycles. The number of nitrogens with two attached hydrogens (primary N) is 1. The van der Waals surface area contributed by atoms with Crippen LogP contribution in [0.4, 0.5) is 0 Å². The summed E-state index contributed by atoms with van der Waals surface area (Å²) in [5, 5.41) is 0. The van der Waals surface area contributed by atoms with E-state index in [2.05, 4.69) is 0 Å². The van der Waals surface area contributed by atoms with Crippen molar-refractivity contribution in [1.29, 1.82) is 0 Å². The van der Waals surface area contributed by atoms with Crippen molar-refractivity contribution in [1.82, 2.24) is 0 Å². The number of carbonyl (C=O) groups excluding carboxylic acids is 1. The van der Waals surface area contributed by atoms with Crippen molar-refractivity contribution in [3.05, 3.63) is 24.2 Å². The third-order valence-corrected chi connectivity index (χ3v) is 3.87. The van der Waals surface area contributed by atoms with E-state index in [1.165, 1.54) is 19.3 Å². The van der Waals surface area contributed by atoms with E-state index in [0.29, 0.717) is 19.4 Å². The number of furan rings is 1. The molecule has 94 valence electrons. The smallest absolute Gasteiger partial charge is 0.141 e. The van der Waals surface area contributed by atoms with Crippen LogP contribution in [0, 0.1) is 5.41 Å². The molecular formula is C14H21NO2. The molecule has 1 saturated carbocycles. The highest BCUT2D eigenvalue weighted by Gasteiger charge is 2.32. The van der Waals surface area contributed by atoms with Gasteiger partial charge < -0.3 is 10.2 Å². The molecule has 2 N–H and O–H groups in total. The van der Waals surface area contributed by atoms with Gasteiger partial charge in [-0.05, 0) is 36.9 Å². The van der Waals surface area contributed by atoms with Crippen LogP contribution in [-0.4, -0.2) is 12.3 Å². The zero-order chi connectivity index (χ0) is 12.1. The highest BCUT2D eigenvalue weighted by Crippen LogP contribution is 2.38. The van der Waals surface area contributed by atoms with Crippen molar-refractivity contribution in [3.63, 3.8) is 0 Å². The lowest BCUT2D eigenvalue weighted by Crippen LogP contribution is -2.35. The van der Waals surface area contributed by atoms with Gasteiger partial charge in [0.25, 0.3) is 0 Å². The average molecular weight is 235 g/mol. The average Bonchev–Trinajstić information content (AvgIpc) is 2.83. The molecule has 0 saturated heterocycles. The predicted octanol–water partition coefficient (Wildman–Crippen LogP) is 2.69. The second-order valence-electron chi connectivity index (χ2n) is 5.24. The van der Waals surface area contributed by atoms with Crippen molar-refractivity contribution in [2.45, 2.75) is 44.9 Å². The Hall–Kier alpha value is -1.09. The van der Waals surface area contributed by atoms with E-state index in [9.17, 15) is 4.79 Å². The number of hydrogen-bond donors (Lipinski definition) is 1. The Kier molecular flexibility index (Phi) is 4.00. The van der Waals surface area contributed by atoms with E-state index in [1.54, 1.807) is 6.26 Å². The summed E-state index contributed by atoms with van der Waals surface area (Å²) in [6, 6.07) is 3.68. The summed E-state index contributed by atoms with van der Waals surface area (Å²) in [4.78, 5) is 12.0. The summed E-state index contributed by atoms with van der Waals surface area (Å²) < 4.78 is 5.21. The van der Waals surface area contributed by atoms with Crippen LogP contribution in [-0.2, 0) is 11.2 Å². The third kappa shape index (κ3) is 3.19. The summed E-state index contributed by atoms with van der Waals surface area (Å²) >= 11 is 0. The molecule has 17 heavy (non-hydrogen) atoms. The van der Waals surface area contributed by atoms with E-state index in [0.717, 1.165) is 18.6 Å². The second kappa shape index (κ2) is 5.50. The SMILES string of the molecule is NCC1(CC(=O)Cc2ccco2)CCCCC1. The van der Waals surface area contributed by atoms with Gasteiger partial charge in [-0.25, -0.2) is 0 Å². The quantitative estimate of drug-likeness (QED) is 0.853. The summed E-state index contributed by atoms with van der Waals surface area (Å²) in [5.74, 6) is 1.02. The molecule has 1 aromatic heterocycles. The van der Waals surface area contributed by atoms with Gasteiger partial charge in [0.15, 0.2) is 0 Å². The molecule has 1 aliphatic rings. The highest BCUT2D eigenvalue weighted by molar-refractivity contribution is 5.81. The van der Waals surface area contributed by atoms with Crippen LogP contribution in [0.3, 0.4) is 0 Å². The molecule has 1 aromatic rings. The number of rotatable bonds is 5. The first kappa shape index (κ1) is 12.4. The Morgan fingerprint density at radius 3 is 2.71 bits per heavy atom. The fourth-order valence-electron chi connectivity index (χ4n) is 2.84. The molecule has 0 aliphatic heterocycles. The fraction of sp³-hybridized carbons (Fsp3) is 0.643. The van der Waals surface area contributed by atoms with Gasteiger partial charge in [-0.3, -0.25) is 4.79 Å². The first-order valence-electron chi connectivity index (χ1n) is 6.48. The van der Waals surface area contributed by atoms with Crippen molar-refractivity contribution < 1.29 is 9.21 Å². The molecule has 1 heterocycles. The third-order valence-electron chi connectivity index (χ3n) is 3.87. The first-order chi connectivity index (χ1) is 8.24. The number of Topliss-reactive ketones (excluding diaryl/α,β-unsaturated/α-hetero) is 1. The number of carbonyl (C=O) groups is 1. The maximum atomic E-state index is 12.0. The van der Waals surface area contributed by atoms with E-state index in [1.807, 2.05) is 12.1 Å². The van der Waals surface area contributed by atoms with Gasteiger partial charge in [0.05, 0.1) is 12.7 Å². The largest absolute Gasteiger partial charge is 0.469 e. The van der Waals surface area contributed by atoms with Crippen LogP contribution >= 0.6 is 0 Å². The second-order valence-corrected chi connectivity index (χ2v) is 5.24. The lowest BCUT2D eigenvalue weighted by molar-refractivity contribution is -0.121. The van der Waals surface area contributed by atoms with Gasteiger partial charge in [-0.15, -0.1) is 0 Å². The number of ketones is 1. The predicted molar refractivity (Wildman–Crippen MR) is 66.6 cm³/mol. The van der Waals surface area contributed by atoms with Gasteiger partial charge in [-0.2, -0.15) is 0 Å². The van der Waals surface area contributed by atoms with Crippen LogP contribution in [0.15, 0.2) is 22.8 Å². The molecule has 3 heteroatoms. The molecule has 0 unspecified atom stereocenters. The Bertz CT molecular complexity index is 350.